The molecule has 72 valence electrons. The Labute approximate surface area is 79.5 Å². The molecule has 1 aromatic carbocycles. The van der Waals surface area contributed by atoms with E-state index < -0.39 is 15.0 Å². The van der Waals surface area contributed by atoms with E-state index >= 15 is 0 Å². The van der Waals surface area contributed by atoms with E-state index in [0.29, 0.717) is 6.42 Å². The van der Waals surface area contributed by atoms with Crippen LogP contribution in [-0.2, 0) is 0 Å². The minimum atomic E-state index is -3.53. The van der Waals surface area contributed by atoms with Gasteiger partial charge >= 0.3 is 9.46 Å². The molecule has 0 aliphatic carbocycles. The first kappa shape index (κ1) is 10.4. The SMILES string of the molecule is CCC(c1cccc(C)c1)[SiH](F)F. The van der Waals surface area contributed by atoms with Crippen molar-refractivity contribution in [1.82, 2.24) is 0 Å². The summed E-state index contributed by atoms with van der Waals surface area (Å²) in [5.74, 6) is 0. The normalized spacial score (nSPS) is 13.3. The first-order valence-corrected chi connectivity index (χ1v) is 6.03. The first-order chi connectivity index (χ1) is 6.15. The van der Waals surface area contributed by atoms with Crippen LogP contribution in [0.5, 0.6) is 0 Å². The van der Waals surface area contributed by atoms with E-state index in [-0.39, 0.29) is 0 Å². The minimum Gasteiger partial charge on any atom is -0.274 e. The van der Waals surface area contributed by atoms with E-state index in [1.54, 1.807) is 6.07 Å². The number of rotatable bonds is 3. The van der Waals surface area contributed by atoms with Gasteiger partial charge in [0.1, 0.15) is 0 Å². The van der Waals surface area contributed by atoms with Gasteiger partial charge in [0, 0.05) is 5.54 Å². The van der Waals surface area contributed by atoms with Gasteiger partial charge in [-0.1, -0.05) is 36.8 Å². The van der Waals surface area contributed by atoms with Crippen molar-refractivity contribution >= 4 is 9.46 Å². The third-order valence-corrected chi connectivity index (χ3v) is 3.68. The second-order valence-corrected chi connectivity index (χ2v) is 4.74. The molecule has 0 saturated carbocycles. The lowest BCUT2D eigenvalue weighted by molar-refractivity contribution is 0.603. The van der Waals surface area contributed by atoms with Crippen LogP contribution in [0.3, 0.4) is 0 Å². The van der Waals surface area contributed by atoms with Crippen molar-refractivity contribution in [3.05, 3.63) is 35.4 Å². The van der Waals surface area contributed by atoms with Crippen LogP contribution in [0.2, 0.25) is 0 Å². The Morgan fingerprint density at radius 2 is 2.08 bits per heavy atom. The second-order valence-electron chi connectivity index (χ2n) is 3.26. The van der Waals surface area contributed by atoms with Gasteiger partial charge in [0.15, 0.2) is 0 Å². The summed E-state index contributed by atoms with van der Waals surface area (Å²) in [7, 11) is -3.53. The maximum Gasteiger partial charge on any atom is 0.418 e. The van der Waals surface area contributed by atoms with Crippen LogP contribution in [0.25, 0.3) is 0 Å². The molecule has 0 radical (unpaired) electrons. The number of hydrogen-bond donors (Lipinski definition) is 0. The molecule has 0 aliphatic rings. The highest BCUT2D eigenvalue weighted by Crippen LogP contribution is 2.24. The summed E-state index contributed by atoms with van der Waals surface area (Å²) in [6, 6.07) is 7.46. The molecule has 0 aliphatic heterocycles. The van der Waals surface area contributed by atoms with Gasteiger partial charge in [0.05, 0.1) is 0 Å². The van der Waals surface area contributed by atoms with Crippen molar-refractivity contribution in [2.75, 3.05) is 0 Å². The predicted molar refractivity (Wildman–Crippen MR) is 53.6 cm³/mol. The first-order valence-electron chi connectivity index (χ1n) is 4.50. The Hall–Kier alpha value is -0.703. The Bertz CT molecular complexity index is 273. The van der Waals surface area contributed by atoms with Crippen molar-refractivity contribution in [2.45, 2.75) is 25.8 Å². The summed E-state index contributed by atoms with van der Waals surface area (Å²) in [5.41, 5.74) is 1.40. The molecule has 0 amide bonds. The van der Waals surface area contributed by atoms with Crippen molar-refractivity contribution in [3.63, 3.8) is 0 Å². The summed E-state index contributed by atoms with van der Waals surface area (Å²) in [5, 5.41) is 0. The highest BCUT2D eigenvalue weighted by molar-refractivity contribution is 6.44. The highest BCUT2D eigenvalue weighted by Gasteiger charge is 2.23. The third-order valence-electron chi connectivity index (χ3n) is 2.21. The summed E-state index contributed by atoms with van der Waals surface area (Å²) in [6.07, 6.45) is 0.549. The van der Waals surface area contributed by atoms with E-state index in [1.165, 1.54) is 0 Å². The van der Waals surface area contributed by atoms with Crippen molar-refractivity contribution in [3.8, 4) is 0 Å². The summed E-state index contributed by atoms with van der Waals surface area (Å²) >= 11 is 0. The molecular weight excluding hydrogens is 186 g/mol. The highest BCUT2D eigenvalue weighted by atomic mass is 28.4. The van der Waals surface area contributed by atoms with E-state index in [9.17, 15) is 8.22 Å². The molecular formula is C10H14F2Si. The Morgan fingerprint density at radius 1 is 1.38 bits per heavy atom. The molecule has 0 nitrogen and oxygen atoms in total. The molecule has 1 aromatic rings. The average molecular weight is 200 g/mol. The van der Waals surface area contributed by atoms with Gasteiger partial charge in [-0.3, -0.25) is 8.22 Å². The zero-order chi connectivity index (χ0) is 9.84. The Morgan fingerprint density at radius 3 is 2.54 bits per heavy atom. The third kappa shape index (κ3) is 2.62. The topological polar surface area (TPSA) is 0 Å². The fourth-order valence-corrected chi connectivity index (χ4v) is 2.31. The van der Waals surface area contributed by atoms with E-state index in [4.69, 9.17) is 0 Å². The second kappa shape index (κ2) is 4.51. The monoisotopic (exact) mass is 200 g/mol. The van der Waals surface area contributed by atoms with Gasteiger partial charge in [0.2, 0.25) is 0 Å². The minimum absolute atomic E-state index is 0.472. The van der Waals surface area contributed by atoms with E-state index in [2.05, 4.69) is 0 Å². The van der Waals surface area contributed by atoms with Crippen LogP contribution in [0.1, 0.15) is 30.0 Å². The number of halogens is 2. The van der Waals surface area contributed by atoms with Crippen LogP contribution in [0, 0.1) is 6.92 Å². The number of aryl methyl sites for hydroxylation is 1. The van der Waals surface area contributed by atoms with Crippen LogP contribution in [-0.4, -0.2) is 9.46 Å². The molecule has 0 saturated heterocycles. The Balaban J connectivity index is 2.91. The lowest BCUT2D eigenvalue weighted by Crippen LogP contribution is -2.12. The largest absolute Gasteiger partial charge is 0.418 e. The van der Waals surface area contributed by atoms with Crippen LogP contribution >= 0.6 is 0 Å². The summed E-state index contributed by atoms with van der Waals surface area (Å²) in [6.45, 7) is 3.76. The molecule has 1 unspecified atom stereocenters. The fourth-order valence-electron chi connectivity index (χ4n) is 1.46. The maximum absolute atomic E-state index is 12.7. The van der Waals surface area contributed by atoms with Gasteiger partial charge in [-0.05, 0) is 18.9 Å². The smallest absolute Gasteiger partial charge is 0.274 e. The average Bonchev–Trinajstić information content (AvgIpc) is 2.04. The lowest BCUT2D eigenvalue weighted by atomic mass is 10.1. The quantitative estimate of drug-likeness (QED) is 0.519. The molecule has 1 atom stereocenters. The molecule has 0 bridgehead atoms. The van der Waals surface area contributed by atoms with E-state index in [1.807, 2.05) is 32.0 Å². The molecule has 0 aromatic heterocycles. The fraction of sp³-hybridized carbons (Fsp3) is 0.400. The predicted octanol–water partition coefficient (Wildman–Crippen LogP) is 3.19. The van der Waals surface area contributed by atoms with Crippen molar-refractivity contribution in [2.24, 2.45) is 0 Å². The van der Waals surface area contributed by atoms with Crippen LogP contribution in [0.15, 0.2) is 24.3 Å². The molecule has 0 spiro atoms. The maximum atomic E-state index is 12.7. The van der Waals surface area contributed by atoms with Gasteiger partial charge in [0.25, 0.3) is 0 Å². The molecule has 0 fully saturated rings. The van der Waals surface area contributed by atoms with Crippen molar-refractivity contribution < 1.29 is 8.22 Å². The molecule has 0 heterocycles. The Kier molecular flexibility index (Phi) is 3.60. The lowest BCUT2D eigenvalue weighted by Gasteiger charge is -2.12. The standard InChI is InChI=1S/C10H14F2Si/c1-3-10(13(11)12)9-6-4-5-8(2)7-9/h4-7,10,13H,3H2,1-2H3. The van der Waals surface area contributed by atoms with Crippen molar-refractivity contribution in [1.29, 1.82) is 0 Å². The zero-order valence-corrected chi connectivity index (χ0v) is 9.08. The zero-order valence-electron chi connectivity index (χ0n) is 7.93. The van der Waals surface area contributed by atoms with Crippen LogP contribution in [0.4, 0.5) is 8.22 Å². The van der Waals surface area contributed by atoms with Gasteiger partial charge in [-0.25, -0.2) is 0 Å². The van der Waals surface area contributed by atoms with Gasteiger partial charge in [-0.15, -0.1) is 0 Å². The van der Waals surface area contributed by atoms with Crippen LogP contribution < -0.4 is 0 Å². The number of hydrogen-bond acceptors (Lipinski definition) is 0. The summed E-state index contributed by atoms with van der Waals surface area (Å²) < 4.78 is 25.3. The summed E-state index contributed by atoms with van der Waals surface area (Å²) in [4.78, 5) is 0. The molecule has 3 heteroatoms. The molecule has 13 heavy (non-hydrogen) atoms. The van der Waals surface area contributed by atoms with Gasteiger partial charge < -0.3 is 0 Å². The number of benzene rings is 1. The molecule has 0 N–H and O–H groups in total. The van der Waals surface area contributed by atoms with E-state index in [0.717, 1.165) is 11.1 Å². The molecule has 1 rings (SSSR count). The van der Waals surface area contributed by atoms with Gasteiger partial charge in [-0.2, -0.15) is 0 Å².